The Morgan fingerprint density at radius 1 is 1.38 bits per heavy atom. The normalized spacial score (nSPS) is 31.5. The molecule has 0 saturated heterocycles. The first-order valence-electron chi connectivity index (χ1n) is 4.70. The zero-order chi connectivity index (χ0) is 9.68. The third kappa shape index (κ3) is 3.59. The second-order valence-electron chi connectivity index (χ2n) is 3.34. The van der Waals surface area contributed by atoms with Gasteiger partial charge < -0.3 is 9.84 Å². The average Bonchev–Trinajstić information content (AvgIpc) is 2.04. The smallest absolute Gasteiger partial charge is 0.302 e. The highest BCUT2D eigenvalue weighted by Gasteiger charge is 2.21. The summed E-state index contributed by atoms with van der Waals surface area (Å²) >= 11 is 0. The van der Waals surface area contributed by atoms with Crippen molar-refractivity contribution in [2.75, 3.05) is 0 Å². The Labute approximate surface area is 78.4 Å². The fourth-order valence-corrected chi connectivity index (χ4v) is 1.49. The maximum atomic E-state index is 10.7. The van der Waals surface area contributed by atoms with E-state index in [-0.39, 0.29) is 12.1 Å². The quantitative estimate of drug-likeness (QED) is 0.495. The van der Waals surface area contributed by atoms with Crippen molar-refractivity contribution in [3.05, 3.63) is 12.2 Å². The van der Waals surface area contributed by atoms with E-state index in [2.05, 4.69) is 12.2 Å². The van der Waals surface area contributed by atoms with E-state index in [1.54, 1.807) is 0 Å². The van der Waals surface area contributed by atoms with Crippen molar-refractivity contribution >= 4 is 5.97 Å². The molecular formula is C10H16O3. The van der Waals surface area contributed by atoms with Crippen molar-refractivity contribution in [1.82, 2.24) is 0 Å². The molecule has 1 N–H and O–H groups in total. The van der Waals surface area contributed by atoms with E-state index in [0.717, 1.165) is 19.3 Å². The monoisotopic (exact) mass is 184 g/mol. The Hall–Kier alpha value is -0.830. The van der Waals surface area contributed by atoms with Gasteiger partial charge in [0.05, 0.1) is 6.10 Å². The minimum Gasteiger partial charge on any atom is -0.460 e. The fraction of sp³-hybridized carbons (Fsp3) is 0.700. The van der Waals surface area contributed by atoms with Gasteiger partial charge in [0.2, 0.25) is 0 Å². The predicted molar refractivity (Wildman–Crippen MR) is 49.2 cm³/mol. The van der Waals surface area contributed by atoms with Crippen LogP contribution < -0.4 is 0 Å². The number of aliphatic hydroxyl groups excluding tert-OH is 1. The van der Waals surface area contributed by atoms with Crippen LogP contribution in [0.3, 0.4) is 0 Å². The van der Waals surface area contributed by atoms with Gasteiger partial charge in [-0.15, -0.1) is 0 Å². The van der Waals surface area contributed by atoms with Gasteiger partial charge in [0.15, 0.2) is 0 Å². The highest BCUT2D eigenvalue weighted by atomic mass is 16.6. The summed E-state index contributed by atoms with van der Waals surface area (Å²) in [4.78, 5) is 10.7. The molecule has 0 radical (unpaired) electrons. The van der Waals surface area contributed by atoms with Crippen LogP contribution in [0.25, 0.3) is 0 Å². The van der Waals surface area contributed by atoms with Gasteiger partial charge in [-0.1, -0.05) is 12.2 Å². The van der Waals surface area contributed by atoms with E-state index in [9.17, 15) is 9.90 Å². The zero-order valence-corrected chi connectivity index (χ0v) is 7.90. The van der Waals surface area contributed by atoms with Crippen molar-refractivity contribution in [3.8, 4) is 0 Å². The first-order chi connectivity index (χ1) is 6.20. The van der Waals surface area contributed by atoms with E-state index in [1.165, 1.54) is 6.92 Å². The molecule has 0 bridgehead atoms. The van der Waals surface area contributed by atoms with E-state index in [1.807, 2.05) is 0 Å². The molecule has 3 heteroatoms. The molecule has 1 aliphatic carbocycles. The summed E-state index contributed by atoms with van der Waals surface area (Å²) in [5, 5.41) is 9.61. The Morgan fingerprint density at radius 3 is 2.62 bits per heavy atom. The Kier molecular flexibility index (Phi) is 3.96. The maximum absolute atomic E-state index is 10.7. The van der Waals surface area contributed by atoms with Gasteiger partial charge in [0, 0.05) is 6.92 Å². The molecule has 0 spiro atoms. The van der Waals surface area contributed by atoms with Crippen molar-refractivity contribution in [1.29, 1.82) is 0 Å². The third-order valence-corrected chi connectivity index (χ3v) is 2.16. The Bertz CT molecular complexity index is 198. The van der Waals surface area contributed by atoms with E-state index in [4.69, 9.17) is 4.74 Å². The molecule has 1 rings (SSSR count). The highest BCUT2D eigenvalue weighted by molar-refractivity contribution is 5.66. The summed E-state index contributed by atoms with van der Waals surface area (Å²) in [6, 6.07) is 0. The van der Waals surface area contributed by atoms with Crippen molar-refractivity contribution in [2.45, 2.75) is 44.8 Å². The van der Waals surface area contributed by atoms with Crippen LogP contribution in [0.4, 0.5) is 0 Å². The van der Waals surface area contributed by atoms with Crippen LogP contribution in [0.15, 0.2) is 12.2 Å². The minimum absolute atomic E-state index is 0.311. The van der Waals surface area contributed by atoms with Crippen LogP contribution in [0.2, 0.25) is 0 Å². The summed E-state index contributed by atoms with van der Waals surface area (Å²) in [5.41, 5.74) is 0. The van der Waals surface area contributed by atoms with Crippen LogP contribution in [0.5, 0.6) is 0 Å². The first-order valence-corrected chi connectivity index (χ1v) is 4.70. The van der Waals surface area contributed by atoms with Gasteiger partial charge in [0.1, 0.15) is 6.10 Å². The average molecular weight is 184 g/mol. The number of esters is 1. The molecule has 1 aliphatic rings. The summed E-state index contributed by atoms with van der Waals surface area (Å²) in [6.07, 6.45) is 6.44. The van der Waals surface area contributed by atoms with Gasteiger partial charge in [-0.2, -0.15) is 0 Å². The Balaban J connectivity index is 2.48. The molecule has 13 heavy (non-hydrogen) atoms. The van der Waals surface area contributed by atoms with Gasteiger partial charge in [-0.25, -0.2) is 0 Å². The van der Waals surface area contributed by atoms with E-state index in [0.29, 0.717) is 6.42 Å². The summed E-state index contributed by atoms with van der Waals surface area (Å²) in [5.74, 6) is -0.311. The summed E-state index contributed by atoms with van der Waals surface area (Å²) in [6.45, 7) is 1.38. The lowest BCUT2D eigenvalue weighted by Gasteiger charge is -2.23. The minimum atomic E-state index is -0.506. The third-order valence-electron chi connectivity index (χ3n) is 2.16. The number of aliphatic hydroxyl groups is 1. The largest absolute Gasteiger partial charge is 0.460 e. The van der Waals surface area contributed by atoms with Crippen LogP contribution >= 0.6 is 0 Å². The van der Waals surface area contributed by atoms with Crippen molar-refractivity contribution < 1.29 is 14.6 Å². The number of carbonyl (C=O) groups is 1. The number of rotatable bonds is 1. The number of hydrogen-bond donors (Lipinski definition) is 1. The number of carbonyl (C=O) groups excluding carboxylic acids is 1. The topological polar surface area (TPSA) is 46.5 Å². The SMILES string of the molecule is CC(=O)O[C@H]1CC/C=C\CC[C@@H]1O. The van der Waals surface area contributed by atoms with Crippen molar-refractivity contribution in [3.63, 3.8) is 0 Å². The molecule has 0 amide bonds. The summed E-state index contributed by atoms with van der Waals surface area (Å²) in [7, 11) is 0. The van der Waals surface area contributed by atoms with Gasteiger partial charge >= 0.3 is 5.97 Å². The lowest BCUT2D eigenvalue weighted by Crippen LogP contribution is -2.31. The second-order valence-corrected chi connectivity index (χ2v) is 3.34. The summed E-state index contributed by atoms with van der Waals surface area (Å²) < 4.78 is 5.02. The first kappa shape index (κ1) is 10.3. The number of allylic oxidation sites excluding steroid dienone is 2. The molecule has 0 aromatic heterocycles. The highest BCUT2D eigenvalue weighted by Crippen LogP contribution is 2.16. The molecule has 0 aliphatic heterocycles. The number of ether oxygens (including phenoxy) is 1. The molecule has 74 valence electrons. The molecule has 0 fully saturated rings. The standard InChI is InChI=1S/C10H16O3/c1-8(11)13-10-7-5-3-2-4-6-9(10)12/h2-3,9-10,12H,4-7H2,1H3/b3-2-/t9-,10-/m0/s1. The Morgan fingerprint density at radius 2 is 2.00 bits per heavy atom. The van der Waals surface area contributed by atoms with Crippen LogP contribution in [-0.2, 0) is 9.53 Å². The van der Waals surface area contributed by atoms with E-state index >= 15 is 0 Å². The lowest BCUT2D eigenvalue weighted by atomic mass is 10.0. The van der Waals surface area contributed by atoms with E-state index < -0.39 is 6.10 Å². The molecule has 0 unspecified atom stereocenters. The predicted octanol–water partition coefficient (Wildman–Crippen LogP) is 1.41. The number of hydrogen-bond acceptors (Lipinski definition) is 3. The zero-order valence-electron chi connectivity index (χ0n) is 7.90. The molecule has 0 aromatic rings. The van der Waals surface area contributed by atoms with Gasteiger partial charge in [-0.3, -0.25) is 4.79 Å². The second kappa shape index (κ2) is 5.02. The molecule has 0 aromatic carbocycles. The molecule has 0 heterocycles. The molecule has 3 nitrogen and oxygen atoms in total. The molecule has 2 atom stereocenters. The van der Waals surface area contributed by atoms with Crippen molar-refractivity contribution in [2.24, 2.45) is 0 Å². The van der Waals surface area contributed by atoms with Crippen LogP contribution in [0, 0.1) is 0 Å². The lowest BCUT2D eigenvalue weighted by molar-refractivity contribution is -0.153. The molecule has 0 saturated carbocycles. The fourth-order valence-electron chi connectivity index (χ4n) is 1.49. The molecular weight excluding hydrogens is 168 g/mol. The maximum Gasteiger partial charge on any atom is 0.302 e. The van der Waals surface area contributed by atoms with Crippen LogP contribution in [-0.4, -0.2) is 23.3 Å². The van der Waals surface area contributed by atoms with Gasteiger partial charge in [0.25, 0.3) is 0 Å². The van der Waals surface area contributed by atoms with Crippen LogP contribution in [0.1, 0.15) is 32.6 Å². The van der Waals surface area contributed by atoms with Gasteiger partial charge in [-0.05, 0) is 25.7 Å².